The smallest absolute Gasteiger partial charge is 0.421 e. The molecule has 1 aliphatic carbocycles. The van der Waals surface area contributed by atoms with E-state index in [1.807, 2.05) is 0 Å². The normalized spacial score (nSPS) is 18.0. The molecule has 0 atom stereocenters. The van der Waals surface area contributed by atoms with Crippen molar-refractivity contribution in [2.75, 3.05) is 12.0 Å². The molecule has 0 saturated heterocycles. The molecule has 1 aromatic carbocycles. The van der Waals surface area contributed by atoms with Crippen molar-refractivity contribution in [3.8, 4) is 11.6 Å². The summed E-state index contributed by atoms with van der Waals surface area (Å²) in [5, 5.41) is 9.16. The van der Waals surface area contributed by atoms with Gasteiger partial charge in [-0.1, -0.05) is 6.92 Å². The molecule has 0 spiro atoms. The van der Waals surface area contributed by atoms with Crippen LogP contribution in [0.2, 0.25) is 0 Å². The number of ether oxygens (including phenoxy) is 2. The van der Waals surface area contributed by atoms with Crippen molar-refractivity contribution in [3.05, 3.63) is 46.9 Å². The summed E-state index contributed by atoms with van der Waals surface area (Å²) in [5.74, 6) is -3.75. The van der Waals surface area contributed by atoms with Crippen molar-refractivity contribution in [2.45, 2.75) is 65.3 Å². The molecule has 37 heavy (non-hydrogen) atoms. The number of carbonyl (C=O) groups excluding carboxylic acids is 2. The Bertz CT molecular complexity index is 1140. The standard InChI is InChI=1S/C26H30F4N2O5/c1-14(2)32(24(34)17-7-5-15(3)6-8-17)21-11-20(27)22(10-18(21)25(35)36-4)37-23-19(26(28,29)30)9-16(13-33)12-31-23/h9-12,14-15,17,33H,5-8,13H2,1-4H3. The molecule has 1 aromatic heterocycles. The van der Waals surface area contributed by atoms with Crippen molar-refractivity contribution >= 4 is 17.6 Å². The summed E-state index contributed by atoms with van der Waals surface area (Å²) < 4.78 is 66.0. The average molecular weight is 527 g/mol. The first-order valence-corrected chi connectivity index (χ1v) is 12.0. The number of aromatic nitrogens is 1. The number of aliphatic hydroxyl groups excluding tert-OH is 1. The van der Waals surface area contributed by atoms with Crippen molar-refractivity contribution in [2.24, 2.45) is 11.8 Å². The van der Waals surface area contributed by atoms with E-state index in [4.69, 9.17) is 14.6 Å². The van der Waals surface area contributed by atoms with E-state index in [1.165, 1.54) is 4.90 Å². The van der Waals surface area contributed by atoms with Crippen molar-refractivity contribution in [3.63, 3.8) is 0 Å². The zero-order chi connectivity index (χ0) is 27.5. The van der Waals surface area contributed by atoms with Gasteiger partial charge in [-0.3, -0.25) is 4.79 Å². The Balaban J connectivity index is 2.07. The topological polar surface area (TPSA) is 89.0 Å². The maximum Gasteiger partial charge on any atom is 0.421 e. The van der Waals surface area contributed by atoms with Crippen LogP contribution in [0.3, 0.4) is 0 Å². The van der Waals surface area contributed by atoms with Gasteiger partial charge in [-0.05, 0) is 57.1 Å². The van der Waals surface area contributed by atoms with Crippen molar-refractivity contribution in [1.29, 1.82) is 0 Å². The van der Waals surface area contributed by atoms with Crippen LogP contribution in [0.15, 0.2) is 24.4 Å². The highest BCUT2D eigenvalue weighted by atomic mass is 19.4. The molecule has 7 nitrogen and oxygen atoms in total. The lowest BCUT2D eigenvalue weighted by Gasteiger charge is -2.34. The number of methoxy groups -OCH3 is 1. The van der Waals surface area contributed by atoms with E-state index >= 15 is 4.39 Å². The summed E-state index contributed by atoms with van der Waals surface area (Å²) in [6, 6.07) is 1.98. The molecular formula is C26H30F4N2O5. The number of hydrogen-bond donors (Lipinski definition) is 1. The number of pyridine rings is 1. The number of benzene rings is 1. The molecule has 0 unspecified atom stereocenters. The number of rotatable bonds is 7. The maximum atomic E-state index is 15.3. The van der Waals surface area contributed by atoms with Gasteiger partial charge in [-0.15, -0.1) is 0 Å². The first-order chi connectivity index (χ1) is 17.4. The number of anilines is 1. The van der Waals surface area contributed by atoms with Gasteiger partial charge < -0.3 is 19.5 Å². The third kappa shape index (κ3) is 6.38. The highest BCUT2D eigenvalue weighted by molar-refractivity contribution is 6.04. The molecule has 1 aliphatic rings. The van der Waals surface area contributed by atoms with Gasteiger partial charge in [-0.25, -0.2) is 14.2 Å². The number of esters is 1. The number of alkyl halides is 3. The zero-order valence-corrected chi connectivity index (χ0v) is 21.1. The Labute approximate surface area is 212 Å². The fourth-order valence-corrected chi connectivity index (χ4v) is 4.42. The molecule has 2 aromatic rings. The summed E-state index contributed by atoms with van der Waals surface area (Å²) in [6.45, 7) is 4.86. The fraction of sp³-hybridized carbons (Fsp3) is 0.500. The summed E-state index contributed by atoms with van der Waals surface area (Å²) in [7, 11) is 1.09. The van der Waals surface area contributed by atoms with Gasteiger partial charge in [0, 0.05) is 30.3 Å². The minimum Gasteiger partial charge on any atom is -0.465 e. The van der Waals surface area contributed by atoms with Crippen molar-refractivity contribution in [1.82, 2.24) is 4.98 Å². The molecule has 0 aliphatic heterocycles. The lowest BCUT2D eigenvalue weighted by atomic mass is 9.82. The first kappa shape index (κ1) is 28.4. The minimum absolute atomic E-state index is 0.0602. The Morgan fingerprint density at radius 1 is 1.16 bits per heavy atom. The average Bonchev–Trinajstić information content (AvgIpc) is 2.84. The second-order valence-corrected chi connectivity index (χ2v) is 9.50. The summed E-state index contributed by atoms with van der Waals surface area (Å²) in [6.07, 6.45) is -0.879. The minimum atomic E-state index is -4.91. The van der Waals surface area contributed by atoms with Gasteiger partial charge in [0.05, 0.1) is 25.0 Å². The monoisotopic (exact) mass is 526 g/mol. The molecule has 1 amide bonds. The van der Waals surface area contributed by atoms with Crippen LogP contribution in [0.25, 0.3) is 0 Å². The molecule has 0 bridgehead atoms. The third-order valence-electron chi connectivity index (χ3n) is 6.44. The first-order valence-electron chi connectivity index (χ1n) is 12.0. The van der Waals surface area contributed by atoms with Gasteiger partial charge in [0.15, 0.2) is 11.6 Å². The summed E-state index contributed by atoms with van der Waals surface area (Å²) >= 11 is 0. The van der Waals surface area contributed by atoms with Crippen LogP contribution in [0.5, 0.6) is 11.6 Å². The predicted molar refractivity (Wildman–Crippen MR) is 127 cm³/mol. The van der Waals surface area contributed by atoms with Crippen LogP contribution in [0.4, 0.5) is 23.2 Å². The fourth-order valence-electron chi connectivity index (χ4n) is 4.42. The van der Waals surface area contributed by atoms with Gasteiger partial charge in [0.25, 0.3) is 0 Å². The second-order valence-electron chi connectivity index (χ2n) is 9.50. The van der Waals surface area contributed by atoms with Gasteiger partial charge in [0.2, 0.25) is 11.8 Å². The Morgan fingerprint density at radius 3 is 2.35 bits per heavy atom. The molecular weight excluding hydrogens is 496 g/mol. The Kier molecular flexibility index (Phi) is 8.78. The highest BCUT2D eigenvalue weighted by Gasteiger charge is 2.37. The highest BCUT2D eigenvalue weighted by Crippen LogP contribution is 2.40. The lowest BCUT2D eigenvalue weighted by Crippen LogP contribution is -2.43. The molecule has 1 fully saturated rings. The molecule has 1 N–H and O–H groups in total. The zero-order valence-electron chi connectivity index (χ0n) is 21.1. The quantitative estimate of drug-likeness (QED) is 0.358. The molecule has 3 rings (SSSR count). The number of amides is 1. The third-order valence-corrected chi connectivity index (χ3v) is 6.44. The molecule has 202 valence electrons. The lowest BCUT2D eigenvalue weighted by molar-refractivity contribution is -0.139. The van der Waals surface area contributed by atoms with E-state index in [0.717, 1.165) is 38.3 Å². The van der Waals surface area contributed by atoms with Crippen LogP contribution < -0.4 is 9.64 Å². The molecule has 0 radical (unpaired) electrons. The van der Waals surface area contributed by atoms with Gasteiger partial charge >= 0.3 is 12.1 Å². The summed E-state index contributed by atoms with van der Waals surface area (Å²) in [5.41, 5.74) is -1.75. The second kappa shape index (κ2) is 11.5. The predicted octanol–water partition coefficient (Wildman–Crippen LogP) is 5.88. The summed E-state index contributed by atoms with van der Waals surface area (Å²) in [4.78, 5) is 31.1. The van der Waals surface area contributed by atoms with Crippen LogP contribution in [-0.4, -0.2) is 35.1 Å². The maximum absolute atomic E-state index is 15.3. The molecule has 11 heteroatoms. The van der Waals surface area contributed by atoms with Crippen LogP contribution in [0, 0.1) is 17.7 Å². The Morgan fingerprint density at radius 2 is 1.81 bits per heavy atom. The van der Waals surface area contributed by atoms with Gasteiger partial charge in [0.1, 0.15) is 5.56 Å². The molecule has 1 saturated carbocycles. The Hall–Kier alpha value is -3.21. The van der Waals surface area contributed by atoms with E-state index < -0.39 is 47.8 Å². The number of aliphatic hydroxyl groups is 1. The van der Waals surface area contributed by atoms with E-state index in [2.05, 4.69) is 11.9 Å². The SMILES string of the molecule is COC(=O)c1cc(Oc2ncc(CO)cc2C(F)(F)F)c(F)cc1N(C(=O)C1CCC(C)CC1)C(C)C. The number of nitrogens with zero attached hydrogens (tertiary/aromatic N) is 2. The van der Waals surface area contributed by atoms with Gasteiger partial charge in [-0.2, -0.15) is 13.2 Å². The van der Waals surface area contributed by atoms with Crippen LogP contribution >= 0.6 is 0 Å². The largest absolute Gasteiger partial charge is 0.465 e. The van der Waals surface area contributed by atoms with E-state index in [0.29, 0.717) is 24.8 Å². The molecule has 1 heterocycles. The van der Waals surface area contributed by atoms with Crippen molar-refractivity contribution < 1.29 is 41.7 Å². The van der Waals surface area contributed by atoms with E-state index in [-0.39, 0.29) is 28.6 Å². The number of carbonyl (C=O) groups is 2. The van der Waals surface area contributed by atoms with Crippen LogP contribution in [0.1, 0.15) is 67.9 Å². The van der Waals surface area contributed by atoms with Crippen LogP contribution in [-0.2, 0) is 22.3 Å². The van der Waals surface area contributed by atoms with E-state index in [9.17, 15) is 22.8 Å². The van der Waals surface area contributed by atoms with E-state index in [1.54, 1.807) is 13.8 Å². The number of halogens is 4. The number of hydrogen-bond acceptors (Lipinski definition) is 6.